The molecule has 0 bridgehead atoms. The summed E-state index contributed by atoms with van der Waals surface area (Å²) in [5, 5.41) is 8.60. The standard InChI is InChI=1S/C19H26O4/c1-2-13-22-17-10-5-16(6-11-17)14-23-18-8-3-15(4-9-18)7-12-19(20)21/h3-4,7-9,12,16-17H,2,5-6,10-11,13-14H2,1H3,(H,20,21). The van der Waals surface area contributed by atoms with E-state index in [2.05, 4.69) is 6.92 Å². The van der Waals surface area contributed by atoms with Crippen molar-refractivity contribution in [3.8, 4) is 5.75 Å². The van der Waals surface area contributed by atoms with E-state index in [4.69, 9.17) is 14.6 Å². The first-order valence-electron chi connectivity index (χ1n) is 8.43. The second-order valence-corrected chi connectivity index (χ2v) is 6.07. The molecule has 1 aromatic rings. The van der Waals surface area contributed by atoms with Crippen LogP contribution in [0, 0.1) is 5.92 Å². The van der Waals surface area contributed by atoms with Gasteiger partial charge in [0.05, 0.1) is 12.7 Å². The number of ether oxygens (including phenoxy) is 2. The van der Waals surface area contributed by atoms with E-state index in [0.717, 1.165) is 62.7 Å². The van der Waals surface area contributed by atoms with Crippen LogP contribution in [0.4, 0.5) is 0 Å². The Kier molecular flexibility index (Phi) is 7.14. The van der Waals surface area contributed by atoms with Crippen LogP contribution in [0.2, 0.25) is 0 Å². The van der Waals surface area contributed by atoms with Gasteiger partial charge in [0.1, 0.15) is 5.75 Å². The summed E-state index contributed by atoms with van der Waals surface area (Å²) < 4.78 is 11.7. The van der Waals surface area contributed by atoms with E-state index in [1.165, 1.54) is 0 Å². The molecule has 126 valence electrons. The minimum absolute atomic E-state index is 0.437. The average Bonchev–Trinajstić information content (AvgIpc) is 2.58. The van der Waals surface area contributed by atoms with Gasteiger partial charge < -0.3 is 14.6 Å². The quantitative estimate of drug-likeness (QED) is 0.732. The molecule has 0 radical (unpaired) electrons. The van der Waals surface area contributed by atoms with E-state index < -0.39 is 5.97 Å². The molecule has 0 saturated heterocycles. The van der Waals surface area contributed by atoms with Gasteiger partial charge in [-0.2, -0.15) is 0 Å². The Labute approximate surface area is 138 Å². The molecule has 1 N–H and O–H groups in total. The number of carbonyl (C=O) groups is 1. The molecule has 0 spiro atoms. The summed E-state index contributed by atoms with van der Waals surface area (Å²) in [7, 11) is 0. The molecule has 4 nitrogen and oxygen atoms in total. The van der Waals surface area contributed by atoms with Crippen molar-refractivity contribution in [3.05, 3.63) is 35.9 Å². The fourth-order valence-electron chi connectivity index (χ4n) is 2.81. The highest BCUT2D eigenvalue weighted by Gasteiger charge is 2.21. The molecule has 4 heteroatoms. The summed E-state index contributed by atoms with van der Waals surface area (Å²) in [4.78, 5) is 10.5. The summed E-state index contributed by atoms with van der Waals surface area (Å²) >= 11 is 0. The first-order valence-corrected chi connectivity index (χ1v) is 8.43. The third-order valence-corrected chi connectivity index (χ3v) is 4.14. The lowest BCUT2D eigenvalue weighted by Gasteiger charge is -2.28. The summed E-state index contributed by atoms with van der Waals surface area (Å²) in [6, 6.07) is 7.50. The Morgan fingerprint density at radius 3 is 2.52 bits per heavy atom. The molecule has 2 rings (SSSR count). The van der Waals surface area contributed by atoms with Crippen LogP contribution in [-0.2, 0) is 9.53 Å². The summed E-state index contributed by atoms with van der Waals surface area (Å²) in [5.74, 6) is 0.494. The lowest BCUT2D eigenvalue weighted by Crippen LogP contribution is -2.25. The van der Waals surface area contributed by atoms with Crippen LogP contribution in [0.3, 0.4) is 0 Å². The van der Waals surface area contributed by atoms with Gasteiger partial charge in [-0.3, -0.25) is 0 Å². The van der Waals surface area contributed by atoms with Crippen molar-refractivity contribution in [2.24, 2.45) is 5.92 Å². The summed E-state index contributed by atoms with van der Waals surface area (Å²) in [6.45, 7) is 3.75. The summed E-state index contributed by atoms with van der Waals surface area (Å²) in [5.41, 5.74) is 0.855. The molecular weight excluding hydrogens is 292 g/mol. The molecule has 1 aliphatic carbocycles. The first-order chi connectivity index (χ1) is 11.2. The zero-order valence-corrected chi connectivity index (χ0v) is 13.7. The maximum atomic E-state index is 10.5. The van der Waals surface area contributed by atoms with Crippen molar-refractivity contribution in [1.29, 1.82) is 0 Å². The van der Waals surface area contributed by atoms with Gasteiger partial charge in [0.2, 0.25) is 0 Å². The smallest absolute Gasteiger partial charge is 0.328 e. The molecular formula is C19H26O4. The van der Waals surface area contributed by atoms with Crippen molar-refractivity contribution in [3.63, 3.8) is 0 Å². The Morgan fingerprint density at radius 1 is 1.22 bits per heavy atom. The minimum Gasteiger partial charge on any atom is -0.493 e. The normalized spacial score (nSPS) is 21.4. The third-order valence-electron chi connectivity index (χ3n) is 4.14. The number of benzene rings is 1. The largest absolute Gasteiger partial charge is 0.493 e. The topological polar surface area (TPSA) is 55.8 Å². The second-order valence-electron chi connectivity index (χ2n) is 6.07. The van der Waals surface area contributed by atoms with Crippen molar-refractivity contribution in [1.82, 2.24) is 0 Å². The van der Waals surface area contributed by atoms with Gasteiger partial charge in [-0.1, -0.05) is 19.1 Å². The zero-order valence-electron chi connectivity index (χ0n) is 13.7. The summed E-state index contributed by atoms with van der Waals surface area (Å²) in [6.07, 6.45) is 8.81. The highest BCUT2D eigenvalue weighted by atomic mass is 16.5. The maximum absolute atomic E-state index is 10.5. The van der Waals surface area contributed by atoms with Crippen LogP contribution >= 0.6 is 0 Å². The molecule has 0 heterocycles. The second kappa shape index (κ2) is 9.36. The highest BCUT2D eigenvalue weighted by molar-refractivity contribution is 5.85. The van der Waals surface area contributed by atoms with Gasteiger partial charge >= 0.3 is 5.97 Å². The average molecular weight is 318 g/mol. The number of rotatable bonds is 8. The van der Waals surface area contributed by atoms with Crippen LogP contribution in [0.15, 0.2) is 30.3 Å². The molecule has 1 aromatic carbocycles. The predicted molar refractivity (Wildman–Crippen MR) is 90.6 cm³/mol. The van der Waals surface area contributed by atoms with Crippen LogP contribution in [-0.4, -0.2) is 30.4 Å². The zero-order chi connectivity index (χ0) is 16.5. The monoisotopic (exact) mass is 318 g/mol. The number of carboxylic acid groups (broad SMARTS) is 1. The van der Waals surface area contributed by atoms with Crippen molar-refractivity contribution in [2.45, 2.75) is 45.1 Å². The minimum atomic E-state index is -0.941. The molecule has 0 aliphatic heterocycles. The number of aliphatic carboxylic acids is 1. The van der Waals surface area contributed by atoms with Crippen LogP contribution in [0.1, 0.15) is 44.6 Å². The maximum Gasteiger partial charge on any atom is 0.328 e. The van der Waals surface area contributed by atoms with Crippen molar-refractivity contribution in [2.75, 3.05) is 13.2 Å². The van der Waals surface area contributed by atoms with Crippen LogP contribution < -0.4 is 4.74 Å². The van der Waals surface area contributed by atoms with E-state index in [1.54, 1.807) is 6.08 Å². The molecule has 1 aliphatic rings. The fourth-order valence-corrected chi connectivity index (χ4v) is 2.81. The molecule has 0 aromatic heterocycles. The fraction of sp³-hybridized carbons (Fsp3) is 0.526. The van der Waals surface area contributed by atoms with Gasteiger partial charge in [0.15, 0.2) is 0 Å². The van der Waals surface area contributed by atoms with Crippen LogP contribution in [0.5, 0.6) is 5.75 Å². The van der Waals surface area contributed by atoms with E-state index in [-0.39, 0.29) is 0 Å². The van der Waals surface area contributed by atoms with Crippen molar-refractivity contribution >= 4 is 12.0 Å². The molecule has 1 fully saturated rings. The van der Waals surface area contributed by atoms with Gasteiger partial charge in [-0.25, -0.2) is 4.79 Å². The number of carboxylic acids is 1. The van der Waals surface area contributed by atoms with E-state index in [0.29, 0.717) is 12.0 Å². The number of hydrogen-bond donors (Lipinski definition) is 1. The Bertz CT molecular complexity index is 499. The first kappa shape index (κ1) is 17.5. The van der Waals surface area contributed by atoms with Gasteiger partial charge in [0.25, 0.3) is 0 Å². The lowest BCUT2D eigenvalue weighted by atomic mass is 9.88. The molecule has 23 heavy (non-hydrogen) atoms. The third kappa shape index (κ3) is 6.45. The molecule has 0 unspecified atom stereocenters. The van der Waals surface area contributed by atoms with E-state index >= 15 is 0 Å². The highest BCUT2D eigenvalue weighted by Crippen LogP contribution is 2.27. The SMILES string of the molecule is CCCOC1CCC(COc2ccc(C=CC(=O)O)cc2)CC1. The molecule has 1 saturated carbocycles. The lowest BCUT2D eigenvalue weighted by molar-refractivity contribution is -0.131. The van der Waals surface area contributed by atoms with Gasteiger partial charge in [-0.05, 0) is 61.8 Å². The molecule has 0 amide bonds. The number of hydrogen-bond acceptors (Lipinski definition) is 3. The molecule has 0 atom stereocenters. The van der Waals surface area contributed by atoms with E-state index in [9.17, 15) is 4.79 Å². The van der Waals surface area contributed by atoms with Gasteiger partial charge in [-0.15, -0.1) is 0 Å². The Hall–Kier alpha value is -1.81. The van der Waals surface area contributed by atoms with Crippen molar-refractivity contribution < 1.29 is 19.4 Å². The van der Waals surface area contributed by atoms with Crippen LogP contribution in [0.25, 0.3) is 6.08 Å². The predicted octanol–water partition coefficient (Wildman–Crippen LogP) is 4.15. The Balaban J connectivity index is 1.71. The van der Waals surface area contributed by atoms with E-state index in [1.807, 2.05) is 24.3 Å². The Morgan fingerprint density at radius 2 is 1.91 bits per heavy atom. The van der Waals surface area contributed by atoms with Gasteiger partial charge in [0, 0.05) is 12.7 Å².